The predicted molar refractivity (Wildman–Crippen MR) is 88.8 cm³/mol. The highest BCUT2D eigenvalue weighted by molar-refractivity contribution is 5.91. The quantitative estimate of drug-likeness (QED) is 0.902. The largest absolute Gasteiger partial charge is 0.393 e. The lowest BCUT2D eigenvalue weighted by atomic mass is 9.82. The molecule has 4 rings (SSSR count). The Morgan fingerprint density at radius 2 is 2.00 bits per heavy atom. The molecule has 2 aliphatic carbocycles. The lowest BCUT2D eigenvalue weighted by Gasteiger charge is -2.35. The Morgan fingerprint density at radius 1 is 1.32 bits per heavy atom. The minimum Gasteiger partial charge on any atom is -0.393 e. The molecule has 0 unspecified atom stereocenters. The van der Waals surface area contributed by atoms with Crippen LogP contribution in [0, 0.1) is 18.7 Å². The third-order valence-electron chi connectivity index (χ3n) is 4.95. The molecule has 6 nitrogen and oxygen atoms in total. The second kappa shape index (κ2) is 6.22. The smallest absolute Gasteiger partial charge is 0.293 e. The molecule has 0 saturated heterocycles. The van der Waals surface area contributed by atoms with Gasteiger partial charge in [-0.3, -0.25) is 4.79 Å². The van der Waals surface area contributed by atoms with Gasteiger partial charge in [0.1, 0.15) is 11.6 Å². The summed E-state index contributed by atoms with van der Waals surface area (Å²) in [6.07, 6.45) is 3.32. The van der Waals surface area contributed by atoms with Crippen LogP contribution >= 0.6 is 0 Å². The van der Waals surface area contributed by atoms with E-state index in [1.807, 2.05) is 4.90 Å². The summed E-state index contributed by atoms with van der Waals surface area (Å²) >= 11 is 0. The molecule has 25 heavy (non-hydrogen) atoms. The highest BCUT2D eigenvalue weighted by Gasteiger charge is 2.38. The summed E-state index contributed by atoms with van der Waals surface area (Å²) in [4.78, 5) is 19.1. The van der Waals surface area contributed by atoms with Crippen LogP contribution in [0.3, 0.4) is 0 Å². The maximum atomic E-state index is 13.1. The maximum Gasteiger partial charge on any atom is 0.293 e. The molecule has 132 valence electrons. The number of hydrogen-bond donors (Lipinski definition) is 1. The molecule has 0 aliphatic heterocycles. The number of aliphatic hydroxyl groups excluding tert-OH is 1. The van der Waals surface area contributed by atoms with E-state index in [9.17, 15) is 14.3 Å². The number of carbonyl (C=O) groups excluding carboxylic acids is 1. The van der Waals surface area contributed by atoms with Crippen LogP contribution in [-0.4, -0.2) is 49.4 Å². The van der Waals surface area contributed by atoms with Crippen LogP contribution in [0.4, 0.5) is 4.39 Å². The summed E-state index contributed by atoms with van der Waals surface area (Å²) in [7, 11) is 0. The van der Waals surface area contributed by atoms with Crippen LogP contribution in [0.25, 0.3) is 5.69 Å². The van der Waals surface area contributed by atoms with Crippen LogP contribution < -0.4 is 0 Å². The molecule has 2 aromatic rings. The number of benzene rings is 1. The van der Waals surface area contributed by atoms with Gasteiger partial charge in [-0.05, 0) is 62.8 Å². The molecule has 0 atom stereocenters. The molecule has 7 heteroatoms. The topological polar surface area (TPSA) is 71.2 Å². The maximum absolute atomic E-state index is 13.1. The zero-order chi connectivity index (χ0) is 17.6. The van der Waals surface area contributed by atoms with E-state index in [0.717, 1.165) is 25.7 Å². The molecule has 1 N–H and O–H groups in total. The molecular formula is C18H21FN4O2. The van der Waals surface area contributed by atoms with E-state index in [0.29, 0.717) is 24.0 Å². The van der Waals surface area contributed by atoms with Crippen molar-refractivity contribution in [2.45, 2.75) is 44.8 Å². The first kappa shape index (κ1) is 16.2. The highest BCUT2D eigenvalue weighted by Crippen LogP contribution is 2.34. The fraction of sp³-hybridized carbons (Fsp3) is 0.500. The van der Waals surface area contributed by atoms with Crippen molar-refractivity contribution in [1.82, 2.24) is 19.7 Å². The first-order chi connectivity index (χ1) is 12.0. The first-order valence-electron chi connectivity index (χ1n) is 8.70. The van der Waals surface area contributed by atoms with Gasteiger partial charge in [-0.1, -0.05) is 0 Å². The van der Waals surface area contributed by atoms with Crippen LogP contribution in [0.15, 0.2) is 24.3 Å². The molecule has 0 radical (unpaired) electrons. The van der Waals surface area contributed by atoms with E-state index in [4.69, 9.17) is 0 Å². The highest BCUT2D eigenvalue weighted by atomic mass is 19.1. The van der Waals surface area contributed by atoms with Gasteiger partial charge in [0, 0.05) is 12.6 Å². The van der Waals surface area contributed by atoms with Crippen molar-refractivity contribution in [2.24, 2.45) is 5.92 Å². The Hall–Kier alpha value is -2.28. The fourth-order valence-electron chi connectivity index (χ4n) is 3.35. The standard InChI is InChI=1S/C18H21FN4O2/c1-11-20-17(21-23(11)15-4-2-13(19)3-5-15)18(25)22(14-6-7-14)10-12-8-16(24)9-12/h2-5,12,14,16,24H,6-10H2,1H3. The molecule has 2 saturated carbocycles. The lowest BCUT2D eigenvalue weighted by molar-refractivity contribution is 0.0211. The van der Waals surface area contributed by atoms with E-state index >= 15 is 0 Å². The SMILES string of the molecule is Cc1nc(C(=O)N(CC2CC(O)C2)C2CC2)nn1-c1ccc(F)cc1. The minimum atomic E-state index is -0.319. The van der Waals surface area contributed by atoms with E-state index < -0.39 is 0 Å². The van der Waals surface area contributed by atoms with Crippen molar-refractivity contribution in [2.75, 3.05) is 6.54 Å². The van der Waals surface area contributed by atoms with Gasteiger partial charge in [-0.2, -0.15) is 0 Å². The van der Waals surface area contributed by atoms with Gasteiger partial charge in [0.2, 0.25) is 5.82 Å². The summed E-state index contributed by atoms with van der Waals surface area (Å²) in [6.45, 7) is 2.43. The number of amides is 1. The van der Waals surface area contributed by atoms with Crippen LogP contribution in [-0.2, 0) is 0 Å². The van der Waals surface area contributed by atoms with Gasteiger partial charge < -0.3 is 10.0 Å². The summed E-state index contributed by atoms with van der Waals surface area (Å²) < 4.78 is 14.7. The third-order valence-corrected chi connectivity index (χ3v) is 4.95. The second-order valence-corrected chi connectivity index (χ2v) is 7.05. The molecule has 0 bridgehead atoms. The Bertz CT molecular complexity index is 779. The van der Waals surface area contributed by atoms with Gasteiger partial charge in [0.05, 0.1) is 11.8 Å². The molecule has 2 aliphatic rings. The number of halogens is 1. The van der Waals surface area contributed by atoms with Crippen molar-refractivity contribution in [3.63, 3.8) is 0 Å². The molecule has 1 amide bonds. The van der Waals surface area contributed by atoms with E-state index in [2.05, 4.69) is 10.1 Å². The molecule has 0 spiro atoms. The van der Waals surface area contributed by atoms with E-state index in [1.165, 1.54) is 12.1 Å². The fourth-order valence-corrected chi connectivity index (χ4v) is 3.35. The average molecular weight is 344 g/mol. The predicted octanol–water partition coefficient (Wildman–Crippen LogP) is 2.09. The van der Waals surface area contributed by atoms with Crippen LogP contribution in [0.2, 0.25) is 0 Å². The zero-order valence-corrected chi connectivity index (χ0v) is 14.1. The Kier molecular flexibility index (Phi) is 4.03. The van der Waals surface area contributed by atoms with Crippen molar-refractivity contribution in [3.05, 3.63) is 41.7 Å². The molecule has 1 aromatic carbocycles. The number of hydrogen-bond acceptors (Lipinski definition) is 4. The summed E-state index contributed by atoms with van der Waals surface area (Å²) in [5.74, 6) is 0.645. The Labute approximate surface area is 145 Å². The van der Waals surface area contributed by atoms with Crippen molar-refractivity contribution in [1.29, 1.82) is 0 Å². The Balaban J connectivity index is 1.54. The number of carbonyl (C=O) groups is 1. The molecule has 1 heterocycles. The summed E-state index contributed by atoms with van der Waals surface area (Å²) in [6, 6.07) is 6.20. The minimum absolute atomic E-state index is 0.159. The van der Waals surface area contributed by atoms with Crippen LogP contribution in [0.1, 0.15) is 42.1 Å². The first-order valence-corrected chi connectivity index (χ1v) is 8.70. The lowest BCUT2D eigenvalue weighted by Crippen LogP contribution is -2.43. The zero-order valence-electron chi connectivity index (χ0n) is 14.1. The number of aliphatic hydroxyl groups is 1. The van der Waals surface area contributed by atoms with Crippen molar-refractivity contribution >= 4 is 5.91 Å². The van der Waals surface area contributed by atoms with Gasteiger partial charge >= 0.3 is 0 Å². The summed E-state index contributed by atoms with van der Waals surface area (Å²) in [5, 5.41) is 13.8. The van der Waals surface area contributed by atoms with Gasteiger partial charge in [-0.15, -0.1) is 5.10 Å². The number of aromatic nitrogens is 3. The second-order valence-electron chi connectivity index (χ2n) is 7.05. The molecule has 1 aromatic heterocycles. The third kappa shape index (κ3) is 3.28. The number of rotatable bonds is 5. The Morgan fingerprint density at radius 3 is 2.60 bits per heavy atom. The van der Waals surface area contributed by atoms with Crippen molar-refractivity contribution < 1.29 is 14.3 Å². The monoisotopic (exact) mass is 344 g/mol. The average Bonchev–Trinajstić information content (AvgIpc) is 3.33. The summed E-state index contributed by atoms with van der Waals surface area (Å²) in [5.41, 5.74) is 0.672. The van der Waals surface area contributed by atoms with Gasteiger partial charge in [0.15, 0.2) is 0 Å². The molecular weight excluding hydrogens is 323 g/mol. The normalized spacial score (nSPS) is 22.5. The van der Waals surface area contributed by atoms with Gasteiger partial charge in [-0.25, -0.2) is 14.1 Å². The van der Waals surface area contributed by atoms with Crippen LogP contribution in [0.5, 0.6) is 0 Å². The number of aryl methyl sites for hydroxylation is 1. The van der Waals surface area contributed by atoms with E-state index in [-0.39, 0.29) is 29.7 Å². The molecule has 2 fully saturated rings. The van der Waals surface area contributed by atoms with Crippen molar-refractivity contribution in [3.8, 4) is 5.69 Å². The van der Waals surface area contributed by atoms with E-state index in [1.54, 1.807) is 23.7 Å². The van der Waals surface area contributed by atoms with Gasteiger partial charge in [0.25, 0.3) is 5.91 Å². The number of nitrogens with zero attached hydrogens (tertiary/aromatic N) is 4.